The standard InChI is InChI=1S/C28H16F9NO4/c29-26(30,31)40-21-7-1-17(2-8-21)24(39)25(20-13-15-38-16-14-20,18-3-9-22(10-4-18)41-27(32,33)34)19-5-11-23(12-6-19)42-28(35,36)37/h1-16H. The molecule has 0 aliphatic rings. The number of pyridine rings is 1. The summed E-state index contributed by atoms with van der Waals surface area (Å²) in [5, 5.41) is 0. The molecule has 0 fully saturated rings. The van der Waals surface area contributed by atoms with Gasteiger partial charge in [0.2, 0.25) is 0 Å². The molecule has 0 saturated heterocycles. The highest BCUT2D eigenvalue weighted by Crippen LogP contribution is 2.44. The number of ether oxygens (including phenoxy) is 3. The van der Waals surface area contributed by atoms with Crippen molar-refractivity contribution < 1.29 is 58.5 Å². The number of Topliss-reactive ketones (excluding diaryl/α,β-unsaturated/α-hetero) is 1. The second-order valence-electron chi connectivity index (χ2n) is 8.53. The molecule has 0 bridgehead atoms. The third-order valence-corrected chi connectivity index (χ3v) is 5.85. The molecular weight excluding hydrogens is 585 g/mol. The number of carbonyl (C=O) groups excluding carboxylic acids is 1. The van der Waals surface area contributed by atoms with Crippen molar-refractivity contribution in [2.45, 2.75) is 24.5 Å². The number of rotatable bonds is 8. The highest BCUT2D eigenvalue weighted by atomic mass is 19.4. The van der Waals surface area contributed by atoms with Gasteiger partial charge in [-0.3, -0.25) is 9.78 Å². The second-order valence-corrected chi connectivity index (χ2v) is 8.53. The molecule has 1 aromatic heterocycles. The first kappa shape index (κ1) is 30.2. The van der Waals surface area contributed by atoms with Gasteiger partial charge < -0.3 is 14.2 Å². The van der Waals surface area contributed by atoms with Crippen LogP contribution in [0.1, 0.15) is 27.0 Å². The van der Waals surface area contributed by atoms with Gasteiger partial charge in [0, 0.05) is 18.0 Å². The summed E-state index contributed by atoms with van der Waals surface area (Å²) in [4.78, 5) is 18.3. The number of hydrogen-bond donors (Lipinski definition) is 0. The molecule has 5 nitrogen and oxygen atoms in total. The lowest BCUT2D eigenvalue weighted by atomic mass is 9.65. The Kier molecular flexibility index (Phi) is 8.10. The Morgan fingerprint density at radius 3 is 1.12 bits per heavy atom. The van der Waals surface area contributed by atoms with E-state index in [9.17, 15) is 44.3 Å². The number of aromatic nitrogens is 1. The second kappa shape index (κ2) is 11.3. The molecule has 0 saturated carbocycles. The third-order valence-electron chi connectivity index (χ3n) is 5.85. The fourth-order valence-corrected chi connectivity index (χ4v) is 4.33. The van der Waals surface area contributed by atoms with Crippen LogP contribution in [0, 0.1) is 0 Å². The van der Waals surface area contributed by atoms with E-state index in [0.717, 1.165) is 72.8 Å². The quantitative estimate of drug-likeness (QED) is 0.151. The topological polar surface area (TPSA) is 57.7 Å². The maximum Gasteiger partial charge on any atom is 0.573 e. The highest BCUT2D eigenvalue weighted by Gasteiger charge is 2.45. The molecule has 0 aliphatic carbocycles. The molecule has 0 N–H and O–H groups in total. The third kappa shape index (κ3) is 7.11. The summed E-state index contributed by atoms with van der Waals surface area (Å²) in [6.07, 6.45) is -12.4. The van der Waals surface area contributed by atoms with Crippen LogP contribution in [0.3, 0.4) is 0 Å². The summed E-state index contributed by atoms with van der Waals surface area (Å²) in [6.45, 7) is 0. The molecule has 0 amide bonds. The number of nitrogens with zero attached hydrogens (tertiary/aromatic N) is 1. The summed E-state index contributed by atoms with van der Waals surface area (Å²) in [6, 6.07) is 15.0. The van der Waals surface area contributed by atoms with E-state index >= 15 is 0 Å². The van der Waals surface area contributed by atoms with Gasteiger partial charge in [0.25, 0.3) is 0 Å². The number of halogens is 9. The molecule has 4 aromatic rings. The Bertz CT molecular complexity index is 1440. The molecule has 0 spiro atoms. The van der Waals surface area contributed by atoms with Crippen LogP contribution in [-0.4, -0.2) is 29.9 Å². The van der Waals surface area contributed by atoms with Crippen LogP contribution in [0.15, 0.2) is 97.3 Å². The van der Waals surface area contributed by atoms with Crippen molar-refractivity contribution in [2.75, 3.05) is 0 Å². The van der Waals surface area contributed by atoms with E-state index in [4.69, 9.17) is 0 Å². The van der Waals surface area contributed by atoms with E-state index in [1.165, 1.54) is 24.5 Å². The van der Waals surface area contributed by atoms with Crippen LogP contribution < -0.4 is 14.2 Å². The Morgan fingerprint density at radius 2 is 0.786 bits per heavy atom. The van der Waals surface area contributed by atoms with Crippen molar-refractivity contribution in [3.05, 3.63) is 120 Å². The average Bonchev–Trinajstić information content (AvgIpc) is 2.89. The number of carbonyl (C=O) groups is 1. The van der Waals surface area contributed by atoms with Crippen LogP contribution in [0.4, 0.5) is 39.5 Å². The van der Waals surface area contributed by atoms with E-state index in [1.54, 1.807) is 0 Å². The van der Waals surface area contributed by atoms with Gasteiger partial charge in [0.15, 0.2) is 5.78 Å². The van der Waals surface area contributed by atoms with E-state index in [-0.39, 0.29) is 22.3 Å². The van der Waals surface area contributed by atoms with Crippen LogP contribution in [0.25, 0.3) is 0 Å². The molecule has 4 rings (SSSR count). The number of alkyl halides is 9. The average molecular weight is 601 g/mol. The maximum atomic E-state index is 14.4. The van der Waals surface area contributed by atoms with Gasteiger partial charge in [0.05, 0.1) is 0 Å². The zero-order chi connectivity index (χ0) is 30.8. The predicted molar refractivity (Wildman–Crippen MR) is 128 cm³/mol. The van der Waals surface area contributed by atoms with Crippen molar-refractivity contribution in [1.82, 2.24) is 4.98 Å². The van der Waals surface area contributed by atoms with Gasteiger partial charge in [0.1, 0.15) is 22.7 Å². The smallest absolute Gasteiger partial charge is 0.406 e. The summed E-state index contributed by atoms with van der Waals surface area (Å²) in [5.74, 6) is -2.66. The first-order valence-corrected chi connectivity index (χ1v) is 11.6. The molecule has 0 unspecified atom stereocenters. The van der Waals surface area contributed by atoms with Crippen LogP contribution in [-0.2, 0) is 5.41 Å². The van der Waals surface area contributed by atoms with E-state index < -0.39 is 47.5 Å². The van der Waals surface area contributed by atoms with Crippen molar-refractivity contribution in [3.63, 3.8) is 0 Å². The molecule has 0 atom stereocenters. The van der Waals surface area contributed by atoms with E-state index in [1.807, 2.05) is 0 Å². The number of ketones is 1. The fraction of sp³-hybridized carbons (Fsp3) is 0.143. The van der Waals surface area contributed by atoms with E-state index in [0.29, 0.717) is 0 Å². The molecule has 1 heterocycles. The lowest BCUT2D eigenvalue weighted by molar-refractivity contribution is -0.275. The normalized spacial score (nSPS) is 12.5. The lowest BCUT2D eigenvalue weighted by Gasteiger charge is -2.34. The minimum atomic E-state index is -5.02. The molecular formula is C28H16F9NO4. The van der Waals surface area contributed by atoms with E-state index in [2.05, 4.69) is 19.2 Å². The predicted octanol–water partition coefficient (Wildman–Crippen LogP) is 7.99. The molecule has 220 valence electrons. The first-order chi connectivity index (χ1) is 19.6. The SMILES string of the molecule is O=C(c1ccc(OC(F)(F)F)cc1)C(c1ccncc1)(c1ccc(OC(F)(F)F)cc1)c1ccc(OC(F)(F)F)cc1. The van der Waals surface area contributed by atoms with Gasteiger partial charge >= 0.3 is 19.1 Å². The molecule has 3 aromatic carbocycles. The van der Waals surface area contributed by atoms with Gasteiger partial charge in [-0.25, -0.2) is 0 Å². The molecule has 0 radical (unpaired) electrons. The highest BCUT2D eigenvalue weighted by molar-refractivity contribution is 6.09. The molecule has 14 heteroatoms. The molecule has 0 aliphatic heterocycles. The van der Waals surface area contributed by atoms with Gasteiger partial charge in [-0.1, -0.05) is 24.3 Å². The summed E-state index contributed by atoms with van der Waals surface area (Å²) in [5.41, 5.74) is -1.83. The first-order valence-electron chi connectivity index (χ1n) is 11.6. The van der Waals surface area contributed by atoms with Crippen molar-refractivity contribution in [2.24, 2.45) is 0 Å². The zero-order valence-electron chi connectivity index (χ0n) is 20.7. The summed E-state index contributed by atoms with van der Waals surface area (Å²) < 4.78 is 126. The minimum absolute atomic E-state index is 0.0494. The zero-order valence-corrected chi connectivity index (χ0v) is 20.7. The number of hydrogen-bond acceptors (Lipinski definition) is 5. The Labute approximate surface area is 231 Å². The monoisotopic (exact) mass is 601 g/mol. The van der Waals surface area contributed by atoms with Crippen molar-refractivity contribution >= 4 is 5.78 Å². The van der Waals surface area contributed by atoms with Crippen LogP contribution in [0.5, 0.6) is 17.2 Å². The fourth-order valence-electron chi connectivity index (χ4n) is 4.33. The Morgan fingerprint density at radius 1 is 0.476 bits per heavy atom. The van der Waals surface area contributed by atoms with Crippen LogP contribution >= 0.6 is 0 Å². The lowest BCUT2D eigenvalue weighted by Crippen LogP contribution is -2.38. The van der Waals surface area contributed by atoms with Crippen molar-refractivity contribution in [3.8, 4) is 17.2 Å². The van der Waals surface area contributed by atoms with Gasteiger partial charge in [-0.15, -0.1) is 39.5 Å². The summed E-state index contributed by atoms with van der Waals surface area (Å²) in [7, 11) is 0. The van der Waals surface area contributed by atoms with Gasteiger partial charge in [-0.05, 0) is 77.4 Å². The van der Waals surface area contributed by atoms with Gasteiger partial charge in [-0.2, -0.15) is 0 Å². The van der Waals surface area contributed by atoms with Crippen molar-refractivity contribution in [1.29, 1.82) is 0 Å². The Balaban J connectivity index is 1.93. The number of benzene rings is 3. The molecule has 42 heavy (non-hydrogen) atoms. The largest absolute Gasteiger partial charge is 0.573 e. The minimum Gasteiger partial charge on any atom is -0.406 e. The van der Waals surface area contributed by atoms with Crippen LogP contribution in [0.2, 0.25) is 0 Å². The maximum absolute atomic E-state index is 14.4. The summed E-state index contributed by atoms with van der Waals surface area (Å²) >= 11 is 0. The Hall–Kier alpha value is -4.75.